The van der Waals surface area contributed by atoms with Crippen LogP contribution in [-0.2, 0) is 16.1 Å². The highest BCUT2D eigenvalue weighted by molar-refractivity contribution is 5.92. The number of hydrogen-bond donors (Lipinski definition) is 3. The van der Waals surface area contributed by atoms with Gasteiger partial charge in [0.25, 0.3) is 5.91 Å². The Balaban J connectivity index is 1.98. The second kappa shape index (κ2) is 5.81. The second-order valence-electron chi connectivity index (χ2n) is 4.35. The van der Waals surface area contributed by atoms with Crippen LogP contribution in [-0.4, -0.2) is 52.3 Å². The van der Waals surface area contributed by atoms with Crippen LogP contribution in [0.3, 0.4) is 0 Å². The molecule has 2 heterocycles. The highest BCUT2D eigenvalue weighted by Gasteiger charge is 2.35. The molecule has 0 radical (unpaired) electrons. The van der Waals surface area contributed by atoms with Gasteiger partial charge in [0, 0.05) is 19.3 Å². The maximum absolute atomic E-state index is 11.9. The van der Waals surface area contributed by atoms with Gasteiger partial charge in [-0.05, 0) is 0 Å². The highest BCUT2D eigenvalue weighted by atomic mass is 16.5. The number of carbonyl (C=O) groups excluding carboxylic acids is 1. The number of nitrogens with one attached hydrogen (secondary N) is 1. The topological polar surface area (TPSA) is 119 Å². The van der Waals surface area contributed by atoms with Crippen molar-refractivity contribution in [2.75, 3.05) is 19.8 Å². The summed E-state index contributed by atoms with van der Waals surface area (Å²) < 4.78 is 6.78. The van der Waals surface area contributed by atoms with Crippen molar-refractivity contribution in [3.8, 4) is 0 Å². The Morgan fingerprint density at radius 1 is 1.58 bits per heavy atom. The van der Waals surface area contributed by atoms with Crippen molar-refractivity contribution in [3.63, 3.8) is 0 Å². The molecule has 1 aromatic heterocycles. The van der Waals surface area contributed by atoms with E-state index in [1.54, 1.807) is 10.8 Å². The number of aliphatic carboxylic acids is 1. The zero-order chi connectivity index (χ0) is 13.8. The van der Waals surface area contributed by atoms with Gasteiger partial charge < -0.3 is 25.5 Å². The second-order valence-corrected chi connectivity index (χ2v) is 4.35. The highest BCUT2D eigenvalue weighted by Crippen LogP contribution is 2.14. The van der Waals surface area contributed by atoms with Gasteiger partial charge in [-0.15, -0.1) is 0 Å². The summed E-state index contributed by atoms with van der Waals surface area (Å²) in [5.41, 5.74) is 5.64. The molecule has 1 aromatic rings. The predicted octanol–water partition coefficient (Wildman–Crippen LogP) is -1.33. The van der Waals surface area contributed by atoms with E-state index in [1.165, 1.54) is 6.33 Å². The van der Waals surface area contributed by atoms with E-state index in [0.29, 0.717) is 13.1 Å². The first-order chi connectivity index (χ1) is 9.11. The fraction of sp³-hybridized carbons (Fsp3) is 0.545. The third kappa shape index (κ3) is 3.09. The molecule has 2 unspecified atom stereocenters. The number of rotatable bonds is 5. The third-order valence-electron chi connectivity index (χ3n) is 2.97. The molecule has 0 aliphatic carbocycles. The van der Waals surface area contributed by atoms with E-state index >= 15 is 0 Å². The van der Waals surface area contributed by atoms with Crippen molar-refractivity contribution < 1.29 is 19.4 Å². The molecule has 8 heteroatoms. The fourth-order valence-electron chi connectivity index (χ4n) is 1.93. The van der Waals surface area contributed by atoms with E-state index in [2.05, 4.69) is 10.3 Å². The summed E-state index contributed by atoms with van der Waals surface area (Å²) >= 11 is 0. The van der Waals surface area contributed by atoms with Crippen molar-refractivity contribution in [2.45, 2.75) is 12.6 Å². The summed E-state index contributed by atoms with van der Waals surface area (Å²) in [6.45, 7) is 1.34. The average molecular weight is 268 g/mol. The molecule has 2 atom stereocenters. The van der Waals surface area contributed by atoms with Gasteiger partial charge in [0.05, 0.1) is 25.6 Å². The van der Waals surface area contributed by atoms with Gasteiger partial charge in [-0.1, -0.05) is 0 Å². The molecule has 1 saturated heterocycles. The van der Waals surface area contributed by atoms with Crippen LogP contribution in [0.25, 0.3) is 0 Å². The van der Waals surface area contributed by atoms with E-state index in [1.807, 2.05) is 0 Å². The number of hydrogen-bond acceptors (Lipinski definition) is 5. The maximum atomic E-state index is 11.9. The summed E-state index contributed by atoms with van der Waals surface area (Å²) in [5.74, 6) is -2.09. The molecule has 1 amide bonds. The first-order valence-electron chi connectivity index (χ1n) is 5.95. The number of carbonyl (C=O) groups is 2. The monoisotopic (exact) mass is 268 g/mol. The van der Waals surface area contributed by atoms with Crippen LogP contribution >= 0.6 is 0 Å². The van der Waals surface area contributed by atoms with Crippen molar-refractivity contribution in [1.82, 2.24) is 14.9 Å². The van der Waals surface area contributed by atoms with Crippen LogP contribution in [0, 0.1) is 5.92 Å². The number of nitrogens with zero attached hydrogens (tertiary/aromatic N) is 2. The molecule has 0 spiro atoms. The van der Waals surface area contributed by atoms with Gasteiger partial charge in [0.15, 0.2) is 0 Å². The lowest BCUT2D eigenvalue weighted by Gasteiger charge is -2.14. The van der Waals surface area contributed by atoms with Crippen LogP contribution in [0.15, 0.2) is 12.5 Å². The summed E-state index contributed by atoms with van der Waals surface area (Å²) in [7, 11) is 0. The van der Waals surface area contributed by atoms with Crippen LogP contribution in [0.5, 0.6) is 0 Å². The first kappa shape index (κ1) is 13.5. The van der Waals surface area contributed by atoms with Gasteiger partial charge in [0.2, 0.25) is 0 Å². The summed E-state index contributed by atoms with van der Waals surface area (Å²) in [5, 5.41) is 11.6. The van der Waals surface area contributed by atoms with Gasteiger partial charge in [0.1, 0.15) is 11.6 Å². The van der Waals surface area contributed by atoms with Crippen LogP contribution < -0.4 is 11.1 Å². The van der Waals surface area contributed by atoms with E-state index in [4.69, 9.17) is 15.6 Å². The number of amides is 1. The minimum atomic E-state index is -0.975. The molecule has 8 nitrogen and oxygen atoms in total. The molecular weight excluding hydrogens is 252 g/mol. The molecule has 0 bridgehead atoms. The van der Waals surface area contributed by atoms with Crippen molar-refractivity contribution in [3.05, 3.63) is 18.2 Å². The minimum Gasteiger partial charge on any atom is -0.481 e. The Labute approximate surface area is 109 Å². The molecular formula is C11H16N4O4. The summed E-state index contributed by atoms with van der Waals surface area (Å²) in [6.07, 6.45) is 3.09. The normalized spacial score (nSPS) is 22.4. The van der Waals surface area contributed by atoms with Crippen LogP contribution in [0.4, 0.5) is 0 Å². The number of aromatic nitrogens is 2. The van der Waals surface area contributed by atoms with Crippen LogP contribution in [0.1, 0.15) is 10.5 Å². The number of carboxylic acid groups (broad SMARTS) is 1. The largest absolute Gasteiger partial charge is 0.481 e. The zero-order valence-electron chi connectivity index (χ0n) is 10.3. The Hall–Kier alpha value is -1.93. The van der Waals surface area contributed by atoms with Crippen molar-refractivity contribution in [1.29, 1.82) is 0 Å². The Bertz CT molecular complexity index is 473. The smallest absolute Gasteiger partial charge is 0.311 e. The molecule has 2 rings (SSSR count). The van der Waals surface area contributed by atoms with E-state index < -0.39 is 23.8 Å². The van der Waals surface area contributed by atoms with Crippen molar-refractivity contribution >= 4 is 11.9 Å². The molecule has 4 N–H and O–H groups in total. The summed E-state index contributed by atoms with van der Waals surface area (Å²) in [4.78, 5) is 26.8. The van der Waals surface area contributed by atoms with E-state index in [0.717, 1.165) is 0 Å². The first-order valence-corrected chi connectivity index (χ1v) is 5.95. The molecule has 0 aromatic carbocycles. The lowest BCUT2D eigenvalue weighted by molar-refractivity contribution is -0.142. The van der Waals surface area contributed by atoms with Crippen molar-refractivity contribution in [2.24, 2.45) is 11.7 Å². The summed E-state index contributed by atoms with van der Waals surface area (Å²) in [6, 6.07) is -0.523. The average Bonchev–Trinajstić information content (AvgIpc) is 2.98. The molecule has 1 fully saturated rings. The predicted molar refractivity (Wildman–Crippen MR) is 64.5 cm³/mol. The van der Waals surface area contributed by atoms with Crippen LogP contribution in [0.2, 0.25) is 0 Å². The van der Waals surface area contributed by atoms with Gasteiger partial charge in [-0.3, -0.25) is 9.59 Å². The SMILES string of the molecule is NCCn1cnc(C(=O)NC2COCC2C(=O)O)c1. The lowest BCUT2D eigenvalue weighted by atomic mass is 10.0. The molecule has 1 aliphatic rings. The fourth-order valence-corrected chi connectivity index (χ4v) is 1.93. The standard InChI is InChI=1S/C11H16N4O4/c12-1-2-15-3-8(13-6-15)10(16)14-9-5-19-4-7(9)11(17)18/h3,6-7,9H,1-2,4-5,12H2,(H,14,16)(H,17,18). The van der Waals surface area contributed by atoms with Gasteiger partial charge >= 0.3 is 5.97 Å². The Morgan fingerprint density at radius 2 is 2.37 bits per heavy atom. The zero-order valence-corrected chi connectivity index (χ0v) is 10.3. The van der Waals surface area contributed by atoms with Gasteiger partial charge in [-0.25, -0.2) is 4.98 Å². The molecule has 19 heavy (non-hydrogen) atoms. The van der Waals surface area contributed by atoms with E-state index in [-0.39, 0.29) is 18.9 Å². The number of ether oxygens (including phenoxy) is 1. The van der Waals surface area contributed by atoms with Gasteiger partial charge in [-0.2, -0.15) is 0 Å². The Kier molecular flexibility index (Phi) is 4.13. The number of imidazole rings is 1. The molecule has 0 saturated carbocycles. The maximum Gasteiger partial charge on any atom is 0.311 e. The van der Waals surface area contributed by atoms with E-state index in [9.17, 15) is 9.59 Å². The Morgan fingerprint density at radius 3 is 3.05 bits per heavy atom. The molecule has 104 valence electrons. The molecule has 1 aliphatic heterocycles. The lowest BCUT2D eigenvalue weighted by Crippen LogP contribution is -2.42. The third-order valence-corrected chi connectivity index (χ3v) is 2.97. The quantitative estimate of drug-likeness (QED) is 0.608. The number of nitrogens with two attached hydrogens (primary N) is 1. The minimum absolute atomic E-state index is 0.113. The number of carboxylic acids is 1.